The third-order valence-corrected chi connectivity index (χ3v) is 2.23. The van der Waals surface area contributed by atoms with E-state index in [2.05, 4.69) is 51.7 Å². The monoisotopic (exact) mass is 191 g/mol. The van der Waals surface area contributed by atoms with E-state index in [-0.39, 0.29) is 5.54 Å². The maximum atomic E-state index is 3.96. The zero-order valence-electron chi connectivity index (χ0n) is 9.78. The summed E-state index contributed by atoms with van der Waals surface area (Å²) in [7, 11) is 0. The largest absolute Gasteiger partial charge is 0.384 e. The van der Waals surface area contributed by atoms with Gasteiger partial charge in [-0.2, -0.15) is 0 Å². The fourth-order valence-electron chi connectivity index (χ4n) is 1.58. The Balaban J connectivity index is 2.65. The minimum atomic E-state index is 0.167. The van der Waals surface area contributed by atoms with Crippen LogP contribution < -0.4 is 5.32 Å². The van der Waals surface area contributed by atoms with Crippen LogP contribution in [0.15, 0.2) is 35.6 Å². The van der Waals surface area contributed by atoms with Gasteiger partial charge in [0.05, 0.1) is 0 Å². The van der Waals surface area contributed by atoms with Crippen LogP contribution in [0.3, 0.4) is 0 Å². The molecule has 78 valence electrons. The van der Waals surface area contributed by atoms with Gasteiger partial charge in [-0.1, -0.05) is 18.2 Å². The molecule has 0 unspecified atom stereocenters. The van der Waals surface area contributed by atoms with Crippen LogP contribution in [0.4, 0.5) is 0 Å². The van der Waals surface area contributed by atoms with Gasteiger partial charge in [-0.3, -0.25) is 0 Å². The summed E-state index contributed by atoms with van der Waals surface area (Å²) < 4.78 is 0. The number of hydrogen-bond donors (Lipinski definition) is 1. The average molecular weight is 191 g/mol. The molecule has 0 aliphatic heterocycles. The van der Waals surface area contributed by atoms with Crippen molar-refractivity contribution in [2.75, 3.05) is 0 Å². The molecule has 0 saturated heterocycles. The normalized spacial score (nSPS) is 17.1. The molecule has 0 bridgehead atoms. The van der Waals surface area contributed by atoms with E-state index in [1.54, 1.807) is 0 Å². The Bertz CT molecular complexity index is 287. The molecule has 1 N–H and O–H groups in total. The number of allylic oxidation sites excluding steroid dienone is 5. The van der Waals surface area contributed by atoms with Crippen LogP contribution in [-0.4, -0.2) is 5.54 Å². The fourth-order valence-corrected chi connectivity index (χ4v) is 1.58. The van der Waals surface area contributed by atoms with Crippen molar-refractivity contribution in [2.45, 2.75) is 46.1 Å². The highest BCUT2D eigenvalue weighted by atomic mass is 15.0. The van der Waals surface area contributed by atoms with Crippen molar-refractivity contribution in [3.63, 3.8) is 0 Å². The lowest BCUT2D eigenvalue weighted by Crippen LogP contribution is -2.35. The van der Waals surface area contributed by atoms with Crippen molar-refractivity contribution in [3.05, 3.63) is 35.6 Å². The maximum Gasteiger partial charge on any atom is 0.0286 e. The van der Waals surface area contributed by atoms with Gasteiger partial charge in [-0.05, 0) is 52.2 Å². The second kappa shape index (κ2) is 4.04. The van der Waals surface area contributed by atoms with Gasteiger partial charge in [0.2, 0.25) is 0 Å². The van der Waals surface area contributed by atoms with Crippen molar-refractivity contribution in [1.29, 1.82) is 0 Å². The highest BCUT2D eigenvalue weighted by Gasteiger charge is 2.13. The molecule has 1 rings (SSSR count). The minimum absolute atomic E-state index is 0.167. The zero-order valence-corrected chi connectivity index (χ0v) is 9.78. The fraction of sp³-hybridized carbons (Fsp3) is 0.538. The van der Waals surface area contributed by atoms with E-state index in [9.17, 15) is 0 Å². The molecule has 0 heterocycles. The van der Waals surface area contributed by atoms with Gasteiger partial charge in [0.1, 0.15) is 0 Å². The van der Waals surface area contributed by atoms with Crippen molar-refractivity contribution in [2.24, 2.45) is 0 Å². The highest BCUT2D eigenvalue weighted by molar-refractivity contribution is 5.35. The van der Waals surface area contributed by atoms with Gasteiger partial charge in [-0.25, -0.2) is 0 Å². The molecule has 0 amide bonds. The van der Waals surface area contributed by atoms with E-state index in [4.69, 9.17) is 0 Å². The third kappa shape index (κ3) is 3.41. The molecule has 1 nitrogen and oxygen atoms in total. The summed E-state index contributed by atoms with van der Waals surface area (Å²) in [6, 6.07) is 0. The molecular weight excluding hydrogens is 170 g/mol. The molecule has 0 saturated carbocycles. The third-order valence-electron chi connectivity index (χ3n) is 2.23. The predicted molar refractivity (Wildman–Crippen MR) is 63.1 cm³/mol. The standard InChI is InChI=1S/C13H21N/c1-10(2)11-6-8-12(9-7-11)14-13(3,4)5/h6,8,14H,1,7,9H2,2-5H3. The maximum absolute atomic E-state index is 3.96. The van der Waals surface area contributed by atoms with Crippen LogP contribution in [0.25, 0.3) is 0 Å². The van der Waals surface area contributed by atoms with Crippen molar-refractivity contribution < 1.29 is 0 Å². The molecule has 0 aromatic carbocycles. The summed E-state index contributed by atoms with van der Waals surface area (Å²) in [5, 5.41) is 3.50. The van der Waals surface area contributed by atoms with E-state index in [0.717, 1.165) is 12.8 Å². The first-order chi connectivity index (χ1) is 6.38. The molecule has 0 atom stereocenters. The Morgan fingerprint density at radius 3 is 2.29 bits per heavy atom. The van der Waals surface area contributed by atoms with Gasteiger partial charge >= 0.3 is 0 Å². The zero-order chi connectivity index (χ0) is 10.8. The predicted octanol–water partition coefficient (Wildman–Crippen LogP) is 3.55. The first-order valence-corrected chi connectivity index (χ1v) is 5.22. The smallest absolute Gasteiger partial charge is 0.0286 e. The lowest BCUT2D eigenvalue weighted by atomic mass is 9.96. The Morgan fingerprint density at radius 2 is 1.93 bits per heavy atom. The SMILES string of the molecule is C=C(C)C1=CC=C(NC(C)(C)C)CC1. The van der Waals surface area contributed by atoms with Crippen LogP contribution in [0.1, 0.15) is 40.5 Å². The van der Waals surface area contributed by atoms with E-state index >= 15 is 0 Å². The highest BCUT2D eigenvalue weighted by Crippen LogP contribution is 2.22. The molecule has 0 aromatic rings. The molecule has 0 aromatic heterocycles. The van der Waals surface area contributed by atoms with E-state index in [1.807, 2.05) is 0 Å². The van der Waals surface area contributed by atoms with Crippen LogP contribution in [0.5, 0.6) is 0 Å². The van der Waals surface area contributed by atoms with Crippen LogP contribution >= 0.6 is 0 Å². The first kappa shape index (κ1) is 11.1. The van der Waals surface area contributed by atoms with E-state index in [1.165, 1.54) is 16.8 Å². The van der Waals surface area contributed by atoms with Gasteiger partial charge in [-0.15, -0.1) is 0 Å². The van der Waals surface area contributed by atoms with Crippen molar-refractivity contribution >= 4 is 0 Å². The van der Waals surface area contributed by atoms with Gasteiger partial charge in [0.25, 0.3) is 0 Å². The molecule has 0 fully saturated rings. The molecule has 14 heavy (non-hydrogen) atoms. The summed E-state index contributed by atoms with van der Waals surface area (Å²) in [5.74, 6) is 0. The Labute approximate surface area is 87.6 Å². The van der Waals surface area contributed by atoms with Crippen LogP contribution in [0.2, 0.25) is 0 Å². The molecule has 1 heteroatoms. The first-order valence-electron chi connectivity index (χ1n) is 5.22. The van der Waals surface area contributed by atoms with Gasteiger partial charge in [0, 0.05) is 11.2 Å². The Hall–Kier alpha value is -0.980. The van der Waals surface area contributed by atoms with Crippen LogP contribution in [-0.2, 0) is 0 Å². The molecular formula is C13H21N. The van der Waals surface area contributed by atoms with E-state index in [0.29, 0.717) is 0 Å². The van der Waals surface area contributed by atoms with Crippen LogP contribution in [0, 0.1) is 0 Å². The second-order valence-corrected chi connectivity index (χ2v) is 5.04. The molecule has 0 radical (unpaired) electrons. The topological polar surface area (TPSA) is 12.0 Å². The average Bonchev–Trinajstić information content (AvgIpc) is 2.02. The van der Waals surface area contributed by atoms with Crippen molar-refractivity contribution in [1.82, 2.24) is 5.32 Å². The van der Waals surface area contributed by atoms with Gasteiger partial charge in [0.15, 0.2) is 0 Å². The second-order valence-electron chi connectivity index (χ2n) is 5.04. The van der Waals surface area contributed by atoms with Gasteiger partial charge < -0.3 is 5.32 Å². The van der Waals surface area contributed by atoms with Crippen molar-refractivity contribution in [3.8, 4) is 0 Å². The molecule has 1 aliphatic rings. The lowest BCUT2D eigenvalue weighted by molar-refractivity contribution is 0.462. The Kier molecular flexibility index (Phi) is 3.20. The summed E-state index contributed by atoms with van der Waals surface area (Å²) in [6.45, 7) is 12.6. The lowest BCUT2D eigenvalue weighted by Gasteiger charge is -2.26. The quantitative estimate of drug-likeness (QED) is 0.703. The number of hydrogen-bond acceptors (Lipinski definition) is 1. The summed E-state index contributed by atoms with van der Waals surface area (Å²) in [6.07, 6.45) is 6.58. The number of rotatable bonds is 2. The van der Waals surface area contributed by atoms with E-state index < -0.39 is 0 Å². The molecule has 1 aliphatic carbocycles. The Morgan fingerprint density at radius 1 is 1.29 bits per heavy atom. The summed E-state index contributed by atoms with van der Waals surface area (Å²) in [4.78, 5) is 0. The molecule has 0 spiro atoms. The minimum Gasteiger partial charge on any atom is -0.384 e. The summed E-state index contributed by atoms with van der Waals surface area (Å²) >= 11 is 0. The summed E-state index contributed by atoms with van der Waals surface area (Å²) in [5.41, 5.74) is 4.07. The number of nitrogens with one attached hydrogen (secondary N) is 1.